The van der Waals surface area contributed by atoms with E-state index in [1.807, 2.05) is 6.92 Å². The van der Waals surface area contributed by atoms with Crippen LogP contribution in [-0.2, 0) is 4.79 Å². The molecule has 0 aromatic heterocycles. The summed E-state index contributed by atoms with van der Waals surface area (Å²) in [5.74, 6) is 1.01. The molecule has 0 aromatic rings. The third kappa shape index (κ3) is 6.24. The van der Waals surface area contributed by atoms with Crippen molar-refractivity contribution in [3.8, 4) is 0 Å². The zero-order chi connectivity index (χ0) is 12.0. The molecule has 5 heteroatoms. The van der Waals surface area contributed by atoms with Crippen LogP contribution in [0.2, 0.25) is 0 Å². The molecule has 1 fully saturated rings. The largest absolute Gasteiger partial charge is 0.359 e. The number of hydrogen-bond acceptors (Lipinski definition) is 3. The van der Waals surface area contributed by atoms with Gasteiger partial charge in [-0.1, -0.05) is 6.92 Å². The van der Waals surface area contributed by atoms with E-state index in [0.29, 0.717) is 0 Å². The molecule has 17 heavy (non-hydrogen) atoms. The van der Waals surface area contributed by atoms with Gasteiger partial charge in [0.15, 0.2) is 0 Å². The number of nitrogens with zero attached hydrogens (tertiary/aromatic N) is 1. The number of halogens is 1. The van der Waals surface area contributed by atoms with Crippen LogP contribution in [0.5, 0.6) is 0 Å². The maximum absolute atomic E-state index is 11.4. The van der Waals surface area contributed by atoms with Crippen LogP contribution in [0.1, 0.15) is 19.8 Å². The van der Waals surface area contributed by atoms with E-state index in [2.05, 4.69) is 22.6 Å². The van der Waals surface area contributed by atoms with Crippen molar-refractivity contribution in [1.82, 2.24) is 15.5 Å². The Kier molecular flexibility index (Phi) is 8.56. The molecule has 1 heterocycles. The van der Waals surface area contributed by atoms with Gasteiger partial charge in [-0.3, -0.25) is 4.79 Å². The van der Waals surface area contributed by atoms with Gasteiger partial charge >= 0.3 is 0 Å². The van der Waals surface area contributed by atoms with E-state index in [0.717, 1.165) is 32.1 Å². The molecule has 1 atom stereocenters. The summed E-state index contributed by atoms with van der Waals surface area (Å²) in [5, 5.41) is 6.07. The number of carbonyl (C=O) groups is 1. The minimum Gasteiger partial charge on any atom is -0.359 e. The third-order valence-corrected chi connectivity index (χ3v) is 3.31. The van der Waals surface area contributed by atoms with Gasteiger partial charge in [-0.15, -0.1) is 12.4 Å². The number of hydrogen-bond donors (Lipinski definition) is 2. The topological polar surface area (TPSA) is 44.4 Å². The first-order chi connectivity index (χ1) is 7.63. The molecule has 1 amide bonds. The lowest BCUT2D eigenvalue weighted by molar-refractivity contribution is -0.124. The second-order valence-corrected chi connectivity index (χ2v) is 4.93. The summed E-state index contributed by atoms with van der Waals surface area (Å²) in [6.45, 7) is 6.23. The second kappa shape index (κ2) is 8.72. The SMILES string of the molecule is CNC(=O)C(C)CN(C)CC1CCNCC1.Cl. The van der Waals surface area contributed by atoms with Crippen LogP contribution in [0.15, 0.2) is 0 Å². The number of rotatable bonds is 5. The van der Waals surface area contributed by atoms with Crippen LogP contribution < -0.4 is 10.6 Å². The van der Waals surface area contributed by atoms with Gasteiger partial charge in [0, 0.05) is 26.1 Å². The highest BCUT2D eigenvalue weighted by atomic mass is 35.5. The van der Waals surface area contributed by atoms with Crippen molar-refractivity contribution in [2.24, 2.45) is 11.8 Å². The van der Waals surface area contributed by atoms with E-state index in [-0.39, 0.29) is 24.2 Å². The molecule has 0 spiro atoms. The third-order valence-electron chi connectivity index (χ3n) is 3.31. The summed E-state index contributed by atoms with van der Waals surface area (Å²) in [7, 11) is 3.81. The molecule has 0 saturated carbocycles. The summed E-state index contributed by atoms with van der Waals surface area (Å²) in [6, 6.07) is 0. The Bertz CT molecular complexity index is 220. The Morgan fingerprint density at radius 2 is 2.06 bits per heavy atom. The van der Waals surface area contributed by atoms with Crippen LogP contribution in [-0.4, -0.2) is 51.1 Å². The van der Waals surface area contributed by atoms with Crippen LogP contribution in [0.3, 0.4) is 0 Å². The van der Waals surface area contributed by atoms with Gasteiger partial charge in [-0.25, -0.2) is 0 Å². The molecule has 1 saturated heterocycles. The molecular weight excluding hydrogens is 238 g/mol. The average Bonchev–Trinajstić information content (AvgIpc) is 2.29. The maximum atomic E-state index is 11.4. The van der Waals surface area contributed by atoms with Gasteiger partial charge in [0.2, 0.25) is 5.91 Å². The molecule has 1 unspecified atom stereocenters. The molecule has 1 rings (SSSR count). The fraction of sp³-hybridized carbons (Fsp3) is 0.917. The van der Waals surface area contributed by atoms with E-state index in [1.165, 1.54) is 12.8 Å². The lowest BCUT2D eigenvalue weighted by Gasteiger charge is -2.28. The lowest BCUT2D eigenvalue weighted by Crippen LogP contribution is -2.39. The first-order valence-corrected chi connectivity index (χ1v) is 6.24. The summed E-state index contributed by atoms with van der Waals surface area (Å²) < 4.78 is 0. The molecule has 4 nitrogen and oxygen atoms in total. The molecule has 102 valence electrons. The van der Waals surface area contributed by atoms with Crippen molar-refractivity contribution in [3.63, 3.8) is 0 Å². The predicted octanol–water partition coefficient (Wildman–Crippen LogP) is 0.722. The van der Waals surface area contributed by atoms with E-state index in [4.69, 9.17) is 0 Å². The number of amides is 1. The molecular formula is C12H26ClN3O. The quantitative estimate of drug-likeness (QED) is 0.768. The zero-order valence-corrected chi connectivity index (χ0v) is 12.0. The summed E-state index contributed by atoms with van der Waals surface area (Å²) in [5.41, 5.74) is 0. The van der Waals surface area contributed by atoms with Crippen molar-refractivity contribution < 1.29 is 4.79 Å². The van der Waals surface area contributed by atoms with Crippen LogP contribution in [0, 0.1) is 11.8 Å². The minimum atomic E-state index is 0. The van der Waals surface area contributed by atoms with Gasteiger partial charge < -0.3 is 15.5 Å². The smallest absolute Gasteiger partial charge is 0.223 e. The summed E-state index contributed by atoms with van der Waals surface area (Å²) in [4.78, 5) is 13.7. The van der Waals surface area contributed by atoms with Crippen molar-refractivity contribution >= 4 is 18.3 Å². The van der Waals surface area contributed by atoms with Crippen molar-refractivity contribution in [2.75, 3.05) is 40.3 Å². The number of nitrogens with one attached hydrogen (secondary N) is 2. The first-order valence-electron chi connectivity index (χ1n) is 6.24. The minimum absolute atomic E-state index is 0. The average molecular weight is 264 g/mol. The number of piperidine rings is 1. The van der Waals surface area contributed by atoms with Crippen molar-refractivity contribution in [3.05, 3.63) is 0 Å². The fourth-order valence-corrected chi connectivity index (χ4v) is 2.38. The zero-order valence-electron chi connectivity index (χ0n) is 11.2. The van der Waals surface area contributed by atoms with Gasteiger partial charge in [0.05, 0.1) is 0 Å². The highest BCUT2D eigenvalue weighted by Gasteiger charge is 2.18. The molecule has 2 N–H and O–H groups in total. The Labute approximate surface area is 111 Å². The van der Waals surface area contributed by atoms with Gasteiger partial charge in [-0.2, -0.15) is 0 Å². The first kappa shape index (κ1) is 16.7. The Morgan fingerprint density at radius 1 is 1.47 bits per heavy atom. The van der Waals surface area contributed by atoms with Gasteiger partial charge in [0.1, 0.15) is 0 Å². The molecule has 1 aliphatic rings. The highest BCUT2D eigenvalue weighted by molar-refractivity contribution is 5.85. The van der Waals surface area contributed by atoms with Crippen LogP contribution in [0.25, 0.3) is 0 Å². The van der Waals surface area contributed by atoms with Crippen LogP contribution in [0.4, 0.5) is 0 Å². The van der Waals surface area contributed by atoms with Gasteiger partial charge in [0.25, 0.3) is 0 Å². The monoisotopic (exact) mass is 263 g/mol. The summed E-state index contributed by atoms with van der Waals surface area (Å²) >= 11 is 0. The summed E-state index contributed by atoms with van der Waals surface area (Å²) in [6.07, 6.45) is 2.53. The van der Waals surface area contributed by atoms with Crippen molar-refractivity contribution in [2.45, 2.75) is 19.8 Å². The predicted molar refractivity (Wildman–Crippen MR) is 73.6 cm³/mol. The molecule has 0 aliphatic carbocycles. The Hall–Kier alpha value is -0.320. The van der Waals surface area contributed by atoms with E-state index in [9.17, 15) is 4.79 Å². The Balaban J connectivity index is 0.00000256. The van der Waals surface area contributed by atoms with Gasteiger partial charge in [-0.05, 0) is 38.9 Å². The normalized spacial score (nSPS) is 18.6. The van der Waals surface area contributed by atoms with Crippen LogP contribution >= 0.6 is 12.4 Å². The molecule has 0 bridgehead atoms. The second-order valence-electron chi connectivity index (χ2n) is 4.93. The fourth-order valence-electron chi connectivity index (χ4n) is 2.38. The van der Waals surface area contributed by atoms with E-state index in [1.54, 1.807) is 7.05 Å². The molecule has 0 radical (unpaired) electrons. The number of carbonyl (C=O) groups excluding carboxylic acids is 1. The lowest BCUT2D eigenvalue weighted by atomic mass is 9.97. The Morgan fingerprint density at radius 3 is 2.59 bits per heavy atom. The van der Waals surface area contributed by atoms with E-state index < -0.39 is 0 Å². The maximum Gasteiger partial charge on any atom is 0.223 e. The standard InChI is InChI=1S/C12H25N3O.ClH/c1-10(12(16)13-2)8-15(3)9-11-4-6-14-7-5-11;/h10-11,14H,4-9H2,1-3H3,(H,13,16);1H. The van der Waals surface area contributed by atoms with Crippen molar-refractivity contribution in [1.29, 1.82) is 0 Å². The molecule has 1 aliphatic heterocycles. The highest BCUT2D eigenvalue weighted by Crippen LogP contribution is 2.13. The van der Waals surface area contributed by atoms with E-state index >= 15 is 0 Å². The molecule has 0 aromatic carbocycles.